The number of benzene rings is 2. The summed E-state index contributed by atoms with van der Waals surface area (Å²) in [7, 11) is 1.91. The Labute approximate surface area is 171 Å². The Morgan fingerprint density at radius 3 is 2.48 bits per heavy atom. The summed E-state index contributed by atoms with van der Waals surface area (Å²) >= 11 is 4.91. The van der Waals surface area contributed by atoms with Crippen LogP contribution in [0, 0.1) is 20.8 Å². The molecular weight excluding hydrogens is 424 g/mol. The molecule has 140 valence electrons. The Morgan fingerprint density at radius 2 is 1.81 bits per heavy atom. The zero-order valence-corrected chi connectivity index (χ0v) is 18.1. The Balaban J connectivity index is 1.69. The number of nitrogens with zero attached hydrogens (tertiary/aromatic N) is 3. The fourth-order valence-corrected chi connectivity index (χ4v) is 4.17. The summed E-state index contributed by atoms with van der Waals surface area (Å²) in [5.74, 6) is 0.977. The average molecular weight is 445 g/mol. The normalized spacial score (nSPS) is 10.9. The second-order valence-corrected chi connectivity index (χ2v) is 8.25. The van der Waals surface area contributed by atoms with Gasteiger partial charge in [-0.2, -0.15) is 0 Å². The molecule has 0 aliphatic rings. The van der Waals surface area contributed by atoms with Crippen LogP contribution in [0.25, 0.3) is 11.4 Å². The Morgan fingerprint density at radius 1 is 1.15 bits per heavy atom. The molecule has 0 saturated heterocycles. The first kappa shape index (κ1) is 19.6. The fraction of sp³-hybridized carbons (Fsp3) is 0.250. The molecule has 3 rings (SSSR count). The van der Waals surface area contributed by atoms with E-state index in [-0.39, 0.29) is 11.7 Å². The molecule has 0 aliphatic heterocycles. The summed E-state index contributed by atoms with van der Waals surface area (Å²) in [6, 6.07) is 12.0. The van der Waals surface area contributed by atoms with Gasteiger partial charge in [0, 0.05) is 22.8 Å². The van der Waals surface area contributed by atoms with E-state index in [4.69, 9.17) is 0 Å². The first-order valence-corrected chi connectivity index (χ1v) is 10.3. The van der Waals surface area contributed by atoms with E-state index < -0.39 is 0 Å². The van der Waals surface area contributed by atoms with Gasteiger partial charge in [0.15, 0.2) is 11.0 Å². The van der Waals surface area contributed by atoms with Crippen LogP contribution < -0.4 is 5.32 Å². The molecule has 1 heterocycles. The van der Waals surface area contributed by atoms with Crippen LogP contribution in [0.15, 0.2) is 46.0 Å². The molecule has 0 aliphatic carbocycles. The molecule has 0 fully saturated rings. The number of halogens is 1. The van der Waals surface area contributed by atoms with Crippen LogP contribution in [0.5, 0.6) is 0 Å². The van der Waals surface area contributed by atoms with Crippen LogP contribution >= 0.6 is 27.7 Å². The summed E-state index contributed by atoms with van der Waals surface area (Å²) in [4.78, 5) is 12.4. The Bertz CT molecular complexity index is 976. The van der Waals surface area contributed by atoms with Crippen molar-refractivity contribution in [2.45, 2.75) is 25.9 Å². The average Bonchev–Trinajstić information content (AvgIpc) is 2.97. The van der Waals surface area contributed by atoms with Gasteiger partial charge in [0.1, 0.15) is 0 Å². The van der Waals surface area contributed by atoms with Crippen LogP contribution in [0.2, 0.25) is 0 Å². The number of carbonyl (C=O) groups is 1. The minimum atomic E-state index is -0.0551. The number of hydrogen-bond donors (Lipinski definition) is 1. The Hall–Kier alpha value is -2.12. The summed E-state index contributed by atoms with van der Waals surface area (Å²) in [5, 5.41) is 12.2. The molecule has 1 N–H and O–H groups in total. The summed E-state index contributed by atoms with van der Waals surface area (Å²) in [6.07, 6.45) is 0. The number of thioether (sulfide) groups is 1. The third-order valence-electron chi connectivity index (χ3n) is 4.22. The van der Waals surface area contributed by atoms with Crippen LogP contribution in [0.3, 0.4) is 0 Å². The van der Waals surface area contributed by atoms with E-state index in [2.05, 4.69) is 50.5 Å². The lowest BCUT2D eigenvalue weighted by Crippen LogP contribution is -2.16. The lowest BCUT2D eigenvalue weighted by molar-refractivity contribution is -0.113. The molecule has 27 heavy (non-hydrogen) atoms. The van der Waals surface area contributed by atoms with Gasteiger partial charge in [0.25, 0.3) is 0 Å². The van der Waals surface area contributed by atoms with Crippen molar-refractivity contribution >= 4 is 39.3 Å². The van der Waals surface area contributed by atoms with E-state index in [1.807, 2.05) is 49.7 Å². The highest BCUT2D eigenvalue weighted by molar-refractivity contribution is 9.10. The minimum absolute atomic E-state index is 0.0551. The quantitative estimate of drug-likeness (QED) is 0.568. The van der Waals surface area contributed by atoms with Crippen LogP contribution in [0.1, 0.15) is 16.7 Å². The molecule has 0 atom stereocenters. The molecular formula is C20H21BrN4OS. The van der Waals surface area contributed by atoms with Gasteiger partial charge < -0.3 is 9.88 Å². The predicted octanol–water partition coefficient (Wildman–Crippen LogP) is 4.90. The Kier molecular flexibility index (Phi) is 6.01. The lowest BCUT2D eigenvalue weighted by Gasteiger charge is -2.12. The molecule has 7 heteroatoms. The van der Waals surface area contributed by atoms with Crippen molar-refractivity contribution in [2.75, 3.05) is 11.1 Å². The maximum absolute atomic E-state index is 12.4. The molecule has 1 amide bonds. The van der Waals surface area contributed by atoms with E-state index in [9.17, 15) is 4.79 Å². The second kappa shape index (κ2) is 8.27. The fourth-order valence-electron chi connectivity index (χ4n) is 3.00. The largest absolute Gasteiger partial charge is 0.325 e. The maximum Gasteiger partial charge on any atom is 0.234 e. The smallest absolute Gasteiger partial charge is 0.234 e. The molecule has 0 radical (unpaired) electrons. The van der Waals surface area contributed by atoms with Gasteiger partial charge in [0.2, 0.25) is 5.91 Å². The standard InChI is InChI=1S/C20H21BrN4OS/c1-12-9-13(2)18(14(3)10-12)22-17(26)11-27-20-24-23-19(25(20)4)15-7-5-6-8-16(15)21/h5-10H,11H2,1-4H3,(H,22,26). The summed E-state index contributed by atoms with van der Waals surface area (Å²) in [5.41, 5.74) is 5.19. The molecule has 0 saturated carbocycles. The lowest BCUT2D eigenvalue weighted by atomic mass is 10.1. The molecule has 0 unspecified atom stereocenters. The van der Waals surface area contributed by atoms with Crippen LogP contribution in [0.4, 0.5) is 5.69 Å². The predicted molar refractivity (Wildman–Crippen MR) is 114 cm³/mol. The SMILES string of the molecule is Cc1cc(C)c(NC(=O)CSc2nnc(-c3ccccc3Br)n2C)c(C)c1. The van der Waals surface area contributed by atoms with E-state index in [1.165, 1.54) is 17.3 Å². The van der Waals surface area contributed by atoms with Gasteiger partial charge in [-0.05, 0) is 38.0 Å². The van der Waals surface area contributed by atoms with Crippen LogP contribution in [-0.2, 0) is 11.8 Å². The van der Waals surface area contributed by atoms with Crippen molar-refractivity contribution < 1.29 is 4.79 Å². The number of hydrogen-bond acceptors (Lipinski definition) is 4. The molecule has 0 spiro atoms. The zero-order chi connectivity index (χ0) is 19.6. The van der Waals surface area contributed by atoms with Gasteiger partial charge in [-0.25, -0.2) is 0 Å². The van der Waals surface area contributed by atoms with Crippen molar-refractivity contribution in [3.63, 3.8) is 0 Å². The number of rotatable bonds is 5. The number of carbonyl (C=O) groups excluding carboxylic acids is 1. The van der Waals surface area contributed by atoms with Crippen molar-refractivity contribution in [3.8, 4) is 11.4 Å². The molecule has 1 aromatic heterocycles. The summed E-state index contributed by atoms with van der Waals surface area (Å²) < 4.78 is 2.86. The number of nitrogens with one attached hydrogen (secondary N) is 1. The van der Waals surface area contributed by atoms with Gasteiger partial charge >= 0.3 is 0 Å². The van der Waals surface area contributed by atoms with E-state index in [1.54, 1.807) is 0 Å². The molecule has 3 aromatic rings. The third-order valence-corrected chi connectivity index (χ3v) is 5.94. The van der Waals surface area contributed by atoms with Gasteiger partial charge in [0.05, 0.1) is 5.75 Å². The number of aromatic nitrogens is 3. The van der Waals surface area contributed by atoms with E-state index in [0.29, 0.717) is 5.16 Å². The number of aryl methyl sites for hydroxylation is 3. The highest BCUT2D eigenvalue weighted by atomic mass is 79.9. The molecule has 2 aromatic carbocycles. The number of anilines is 1. The minimum Gasteiger partial charge on any atom is -0.325 e. The summed E-state index contributed by atoms with van der Waals surface area (Å²) in [6.45, 7) is 6.07. The van der Waals surface area contributed by atoms with Gasteiger partial charge in [-0.3, -0.25) is 4.79 Å². The first-order chi connectivity index (χ1) is 12.9. The molecule has 0 bridgehead atoms. The van der Waals surface area contributed by atoms with Crippen molar-refractivity contribution in [3.05, 3.63) is 57.6 Å². The van der Waals surface area contributed by atoms with Gasteiger partial charge in [-0.1, -0.05) is 63.6 Å². The monoisotopic (exact) mass is 444 g/mol. The third kappa shape index (κ3) is 4.42. The second-order valence-electron chi connectivity index (χ2n) is 6.46. The molecule has 5 nitrogen and oxygen atoms in total. The highest BCUT2D eigenvalue weighted by Gasteiger charge is 2.15. The maximum atomic E-state index is 12.4. The van der Waals surface area contributed by atoms with E-state index in [0.717, 1.165) is 32.7 Å². The van der Waals surface area contributed by atoms with Crippen molar-refractivity contribution in [1.29, 1.82) is 0 Å². The zero-order valence-electron chi connectivity index (χ0n) is 15.7. The highest BCUT2D eigenvalue weighted by Crippen LogP contribution is 2.29. The van der Waals surface area contributed by atoms with Crippen molar-refractivity contribution in [1.82, 2.24) is 14.8 Å². The number of amides is 1. The van der Waals surface area contributed by atoms with Crippen molar-refractivity contribution in [2.24, 2.45) is 7.05 Å². The van der Waals surface area contributed by atoms with E-state index >= 15 is 0 Å². The van der Waals surface area contributed by atoms with Crippen LogP contribution in [-0.4, -0.2) is 26.4 Å². The topological polar surface area (TPSA) is 59.8 Å². The van der Waals surface area contributed by atoms with Gasteiger partial charge in [-0.15, -0.1) is 10.2 Å². The first-order valence-electron chi connectivity index (χ1n) is 8.51.